The first kappa shape index (κ1) is 26.5. The van der Waals surface area contributed by atoms with Crippen molar-refractivity contribution in [3.05, 3.63) is 81.2 Å². The molecule has 0 atom stereocenters. The highest BCUT2D eigenvalue weighted by molar-refractivity contribution is 6.40. The Labute approximate surface area is 216 Å². The third-order valence-electron chi connectivity index (χ3n) is 4.76. The van der Waals surface area contributed by atoms with E-state index in [0.717, 1.165) is 11.1 Å². The summed E-state index contributed by atoms with van der Waals surface area (Å²) in [4.78, 5) is 48.0. The highest BCUT2D eigenvalue weighted by atomic mass is 35.5. The first-order valence-corrected chi connectivity index (χ1v) is 11.2. The van der Waals surface area contributed by atoms with Gasteiger partial charge in [0.25, 0.3) is 0 Å². The molecule has 10 nitrogen and oxygen atoms in total. The van der Waals surface area contributed by atoms with Gasteiger partial charge in [-0.25, -0.2) is 5.43 Å². The Kier molecular flexibility index (Phi) is 8.82. The quantitative estimate of drug-likeness (QED) is 0.219. The summed E-state index contributed by atoms with van der Waals surface area (Å²) in [5.74, 6) is -3.08. The lowest BCUT2D eigenvalue weighted by atomic mass is 10.1. The van der Waals surface area contributed by atoms with Gasteiger partial charge in [0.2, 0.25) is 0 Å². The smallest absolute Gasteiger partial charge is 0.329 e. The first-order chi connectivity index (χ1) is 17.1. The van der Waals surface area contributed by atoms with Gasteiger partial charge in [0.1, 0.15) is 11.5 Å². The number of nitrogens with one attached hydrogen (secondary N) is 4. The molecule has 4 N–H and O–H groups in total. The van der Waals surface area contributed by atoms with Crippen LogP contribution in [0, 0.1) is 13.8 Å². The van der Waals surface area contributed by atoms with Crippen molar-refractivity contribution in [2.75, 3.05) is 10.6 Å². The van der Waals surface area contributed by atoms with Crippen LogP contribution in [0.3, 0.4) is 0 Å². The van der Waals surface area contributed by atoms with Gasteiger partial charge < -0.3 is 20.4 Å². The zero-order valence-electron chi connectivity index (χ0n) is 19.1. The van der Waals surface area contributed by atoms with Gasteiger partial charge in [0.05, 0.1) is 12.8 Å². The number of hydrogen-bond donors (Lipinski definition) is 4. The molecule has 3 aromatic rings. The number of furan rings is 1. The van der Waals surface area contributed by atoms with Crippen molar-refractivity contribution < 1.29 is 23.6 Å². The number of carbonyl (C=O) groups excluding carboxylic acids is 4. The molecular weight excluding hydrogens is 509 g/mol. The molecule has 36 heavy (non-hydrogen) atoms. The highest BCUT2D eigenvalue weighted by Crippen LogP contribution is 2.22. The summed E-state index contributed by atoms with van der Waals surface area (Å²) in [7, 11) is 0. The van der Waals surface area contributed by atoms with Gasteiger partial charge >= 0.3 is 23.6 Å². The number of benzene rings is 2. The van der Waals surface area contributed by atoms with Gasteiger partial charge in [-0.1, -0.05) is 29.3 Å². The maximum absolute atomic E-state index is 12.1. The molecule has 0 saturated heterocycles. The van der Waals surface area contributed by atoms with E-state index in [0.29, 0.717) is 21.5 Å². The average molecular weight is 530 g/mol. The molecule has 186 valence electrons. The van der Waals surface area contributed by atoms with Crippen molar-refractivity contribution >= 4 is 64.4 Å². The molecule has 0 aliphatic rings. The Morgan fingerprint density at radius 3 is 2.17 bits per heavy atom. The SMILES string of the molecule is Cc1ccc(NC(=O)C(=O)NCc2ccc(/C=N/NC(=O)C(=O)Nc3cc(Cl)cc(Cl)c3)o2)cc1C. The lowest BCUT2D eigenvalue weighted by Crippen LogP contribution is -2.34. The second kappa shape index (κ2) is 12.0. The van der Waals surface area contributed by atoms with Crippen LogP contribution in [0.15, 0.2) is 58.0 Å². The predicted octanol–water partition coefficient (Wildman–Crippen LogP) is 3.55. The molecule has 0 aliphatic heterocycles. The monoisotopic (exact) mass is 529 g/mol. The number of rotatable bonds is 6. The Morgan fingerprint density at radius 1 is 0.806 bits per heavy atom. The van der Waals surface area contributed by atoms with E-state index >= 15 is 0 Å². The van der Waals surface area contributed by atoms with Crippen molar-refractivity contribution in [2.24, 2.45) is 5.10 Å². The summed E-state index contributed by atoms with van der Waals surface area (Å²) >= 11 is 11.7. The van der Waals surface area contributed by atoms with Crippen LogP contribution >= 0.6 is 23.2 Å². The number of nitrogens with zero attached hydrogens (tertiary/aromatic N) is 1. The predicted molar refractivity (Wildman–Crippen MR) is 136 cm³/mol. The van der Waals surface area contributed by atoms with Crippen LogP contribution in [0.25, 0.3) is 0 Å². The van der Waals surface area contributed by atoms with Crippen LogP contribution in [0.5, 0.6) is 0 Å². The zero-order valence-corrected chi connectivity index (χ0v) is 20.7. The van der Waals surface area contributed by atoms with Gasteiger partial charge in [-0.3, -0.25) is 19.2 Å². The van der Waals surface area contributed by atoms with Crippen LogP contribution in [-0.4, -0.2) is 29.8 Å². The molecule has 2 aromatic carbocycles. The molecule has 0 fully saturated rings. The van der Waals surface area contributed by atoms with E-state index in [2.05, 4.69) is 26.5 Å². The fourth-order valence-electron chi connectivity index (χ4n) is 2.83. The minimum atomic E-state index is -1.03. The Hall–Kier alpha value is -4.15. The van der Waals surface area contributed by atoms with Gasteiger partial charge in [-0.15, -0.1) is 0 Å². The van der Waals surface area contributed by atoms with E-state index in [4.69, 9.17) is 27.6 Å². The maximum Gasteiger partial charge on any atom is 0.329 e. The Morgan fingerprint density at radius 2 is 1.47 bits per heavy atom. The molecule has 0 saturated carbocycles. The van der Waals surface area contributed by atoms with Crippen molar-refractivity contribution in [3.8, 4) is 0 Å². The summed E-state index contributed by atoms with van der Waals surface area (Å²) in [6, 6.07) is 12.7. The Balaban J connectivity index is 1.45. The van der Waals surface area contributed by atoms with E-state index in [1.54, 1.807) is 18.2 Å². The summed E-state index contributed by atoms with van der Waals surface area (Å²) in [5.41, 5.74) is 4.87. The highest BCUT2D eigenvalue weighted by Gasteiger charge is 2.15. The molecule has 0 unspecified atom stereocenters. The second-order valence-corrected chi connectivity index (χ2v) is 8.42. The van der Waals surface area contributed by atoms with Gasteiger partial charge in [-0.05, 0) is 67.4 Å². The molecule has 0 aliphatic carbocycles. The Bertz CT molecular complexity index is 1330. The number of carbonyl (C=O) groups is 4. The molecule has 0 radical (unpaired) electrons. The lowest BCUT2D eigenvalue weighted by molar-refractivity contribution is -0.136. The van der Waals surface area contributed by atoms with E-state index < -0.39 is 23.6 Å². The number of halogens is 2. The third kappa shape index (κ3) is 7.69. The first-order valence-electron chi connectivity index (χ1n) is 10.5. The summed E-state index contributed by atoms with van der Waals surface area (Å²) < 4.78 is 5.45. The molecular formula is C24H21Cl2N5O5. The lowest BCUT2D eigenvalue weighted by Gasteiger charge is -2.07. The molecule has 0 bridgehead atoms. The normalized spacial score (nSPS) is 10.7. The van der Waals surface area contributed by atoms with Gasteiger partial charge in [0.15, 0.2) is 0 Å². The van der Waals surface area contributed by atoms with Crippen LogP contribution in [0.2, 0.25) is 10.0 Å². The van der Waals surface area contributed by atoms with E-state index in [1.165, 1.54) is 30.5 Å². The summed E-state index contributed by atoms with van der Waals surface area (Å²) in [5, 5.41) is 11.6. The fraction of sp³-hybridized carbons (Fsp3) is 0.125. The number of hydrogen-bond acceptors (Lipinski definition) is 6. The van der Waals surface area contributed by atoms with E-state index in [9.17, 15) is 19.2 Å². The molecule has 4 amide bonds. The van der Waals surface area contributed by atoms with Crippen molar-refractivity contribution in [1.29, 1.82) is 0 Å². The summed E-state index contributed by atoms with van der Waals surface area (Å²) in [6.07, 6.45) is 1.17. The molecule has 0 spiro atoms. The second-order valence-electron chi connectivity index (χ2n) is 7.55. The largest absolute Gasteiger partial charge is 0.458 e. The van der Waals surface area contributed by atoms with E-state index in [1.807, 2.05) is 19.9 Å². The third-order valence-corrected chi connectivity index (χ3v) is 5.20. The zero-order chi connectivity index (χ0) is 26.2. The molecule has 12 heteroatoms. The van der Waals surface area contributed by atoms with Crippen LogP contribution in [-0.2, 0) is 25.7 Å². The average Bonchev–Trinajstić information content (AvgIpc) is 3.26. The van der Waals surface area contributed by atoms with Crippen LogP contribution < -0.4 is 21.4 Å². The van der Waals surface area contributed by atoms with Gasteiger partial charge in [-0.2, -0.15) is 5.10 Å². The van der Waals surface area contributed by atoms with Gasteiger partial charge in [0, 0.05) is 21.4 Å². The van der Waals surface area contributed by atoms with Crippen molar-refractivity contribution in [2.45, 2.75) is 20.4 Å². The minimum absolute atomic E-state index is 0.0516. The summed E-state index contributed by atoms with van der Waals surface area (Å²) in [6.45, 7) is 3.80. The van der Waals surface area contributed by atoms with Crippen LogP contribution in [0.4, 0.5) is 11.4 Å². The van der Waals surface area contributed by atoms with Crippen LogP contribution in [0.1, 0.15) is 22.6 Å². The number of hydrazone groups is 1. The standard InChI is InChI=1S/C24H21Cl2N5O5/c1-13-3-4-17(7-14(13)2)29-22(33)21(32)27-11-19-5-6-20(36-19)12-28-31-24(35)23(34)30-18-9-15(25)8-16(26)10-18/h3-10,12H,11H2,1-2H3,(H,27,32)(H,29,33)(H,30,34)(H,31,35)/b28-12+. The van der Waals surface area contributed by atoms with E-state index in [-0.39, 0.29) is 18.0 Å². The minimum Gasteiger partial charge on any atom is -0.458 e. The molecule has 3 rings (SSSR count). The van der Waals surface area contributed by atoms with Crippen molar-refractivity contribution in [3.63, 3.8) is 0 Å². The maximum atomic E-state index is 12.1. The topological polar surface area (TPSA) is 142 Å². The fourth-order valence-corrected chi connectivity index (χ4v) is 3.36. The number of amides is 4. The number of aryl methyl sites for hydroxylation is 2. The van der Waals surface area contributed by atoms with Crippen molar-refractivity contribution in [1.82, 2.24) is 10.7 Å². The molecule has 1 aromatic heterocycles. The number of anilines is 2. The molecule has 1 heterocycles.